The maximum Gasteiger partial charge on any atom is 0.200 e. The quantitative estimate of drug-likeness (QED) is 0.489. The van der Waals surface area contributed by atoms with Gasteiger partial charge in [0.15, 0.2) is 23.3 Å². The summed E-state index contributed by atoms with van der Waals surface area (Å²) in [6.07, 6.45) is 0.496. The number of hydrogen-bond acceptors (Lipinski definition) is 2. The van der Waals surface area contributed by atoms with Gasteiger partial charge in [0.1, 0.15) is 5.69 Å². The van der Waals surface area contributed by atoms with E-state index in [1.165, 1.54) is 0 Å². The first kappa shape index (κ1) is 14.7. The van der Waals surface area contributed by atoms with Gasteiger partial charge in [0.2, 0.25) is 5.82 Å². The second kappa shape index (κ2) is 5.99. The first-order valence-corrected chi connectivity index (χ1v) is 5.32. The molecule has 1 rings (SSSR count). The Balaban J connectivity index is 3.16. The van der Waals surface area contributed by atoms with Gasteiger partial charge in [-0.1, -0.05) is 6.92 Å². The van der Waals surface area contributed by atoms with Crippen LogP contribution in [0.15, 0.2) is 0 Å². The Kier molecular flexibility index (Phi) is 4.89. The molecule has 0 spiro atoms. The third-order valence-corrected chi connectivity index (χ3v) is 2.53. The Labute approximate surface area is 100 Å². The number of aliphatic hydroxyl groups excluding tert-OH is 1. The van der Waals surface area contributed by atoms with Crippen LogP contribution in [0.25, 0.3) is 0 Å². The lowest BCUT2D eigenvalue weighted by Crippen LogP contribution is -2.22. The van der Waals surface area contributed by atoms with E-state index in [1.54, 1.807) is 6.92 Å². The van der Waals surface area contributed by atoms with Crippen LogP contribution in [-0.4, -0.2) is 17.8 Å². The van der Waals surface area contributed by atoms with E-state index in [-0.39, 0.29) is 13.0 Å². The lowest BCUT2D eigenvalue weighted by atomic mass is 10.1. The van der Waals surface area contributed by atoms with Crippen LogP contribution in [0.3, 0.4) is 0 Å². The normalized spacial score (nSPS) is 12.6. The molecule has 1 atom stereocenters. The highest BCUT2D eigenvalue weighted by Crippen LogP contribution is 2.28. The number of anilines is 1. The van der Waals surface area contributed by atoms with Gasteiger partial charge in [0.05, 0.1) is 0 Å². The van der Waals surface area contributed by atoms with Crippen molar-refractivity contribution in [3.63, 3.8) is 0 Å². The van der Waals surface area contributed by atoms with Gasteiger partial charge in [0.25, 0.3) is 0 Å². The van der Waals surface area contributed by atoms with Gasteiger partial charge in [-0.3, -0.25) is 0 Å². The predicted octanol–water partition coefficient (Wildman–Crippen LogP) is 2.96. The smallest absolute Gasteiger partial charge is 0.200 e. The lowest BCUT2D eigenvalue weighted by Gasteiger charge is -2.18. The van der Waals surface area contributed by atoms with Gasteiger partial charge < -0.3 is 10.4 Å². The van der Waals surface area contributed by atoms with E-state index in [0.717, 1.165) is 0 Å². The molecule has 0 aliphatic heterocycles. The molecule has 0 fully saturated rings. The van der Waals surface area contributed by atoms with E-state index < -0.39 is 40.8 Å². The van der Waals surface area contributed by atoms with E-state index in [2.05, 4.69) is 5.32 Å². The number of rotatable bonds is 5. The summed E-state index contributed by atoms with van der Waals surface area (Å²) in [4.78, 5) is 0. The van der Waals surface area contributed by atoms with Crippen molar-refractivity contribution in [3.8, 4) is 0 Å². The monoisotopic (exact) mass is 269 g/mol. The van der Waals surface area contributed by atoms with Crippen molar-refractivity contribution in [2.75, 3.05) is 11.9 Å². The molecule has 2 nitrogen and oxygen atoms in total. The summed E-state index contributed by atoms with van der Waals surface area (Å²) >= 11 is 0. The van der Waals surface area contributed by atoms with Gasteiger partial charge in [-0.2, -0.15) is 0 Å². The molecule has 0 radical (unpaired) electrons. The standard InChI is InChI=1S/C11H12F5NO/c1-2-5(3-4-18)17-11-9(15)7(13)6(12)8(14)10(11)16/h5,17-18H,2-4H2,1H3. The molecular weight excluding hydrogens is 257 g/mol. The Morgan fingerprint density at radius 2 is 1.39 bits per heavy atom. The summed E-state index contributed by atoms with van der Waals surface area (Å²) in [6.45, 7) is 1.39. The van der Waals surface area contributed by atoms with Gasteiger partial charge in [-0.05, 0) is 12.8 Å². The van der Waals surface area contributed by atoms with Crippen molar-refractivity contribution < 1.29 is 27.1 Å². The molecule has 0 aliphatic carbocycles. The van der Waals surface area contributed by atoms with E-state index in [0.29, 0.717) is 6.42 Å². The third-order valence-electron chi connectivity index (χ3n) is 2.53. The lowest BCUT2D eigenvalue weighted by molar-refractivity contribution is 0.277. The fourth-order valence-electron chi connectivity index (χ4n) is 1.47. The Hall–Kier alpha value is -1.37. The van der Waals surface area contributed by atoms with E-state index in [9.17, 15) is 22.0 Å². The molecule has 2 N–H and O–H groups in total. The molecule has 0 saturated carbocycles. The molecule has 102 valence electrons. The molecule has 1 aromatic carbocycles. The summed E-state index contributed by atoms with van der Waals surface area (Å²) in [5.74, 6) is -9.97. The first-order chi connectivity index (χ1) is 8.43. The molecule has 0 heterocycles. The van der Waals surface area contributed by atoms with Crippen molar-refractivity contribution in [1.82, 2.24) is 0 Å². The molecule has 0 saturated heterocycles. The van der Waals surface area contributed by atoms with Gasteiger partial charge >= 0.3 is 0 Å². The maximum absolute atomic E-state index is 13.3. The zero-order valence-corrected chi connectivity index (χ0v) is 9.54. The van der Waals surface area contributed by atoms with E-state index in [1.807, 2.05) is 0 Å². The van der Waals surface area contributed by atoms with Crippen molar-refractivity contribution in [2.24, 2.45) is 0 Å². The average Bonchev–Trinajstić information content (AvgIpc) is 2.37. The Morgan fingerprint density at radius 1 is 0.944 bits per heavy atom. The minimum atomic E-state index is -2.19. The van der Waals surface area contributed by atoms with Crippen LogP contribution in [0.1, 0.15) is 19.8 Å². The topological polar surface area (TPSA) is 32.3 Å². The first-order valence-electron chi connectivity index (χ1n) is 5.32. The zero-order chi connectivity index (χ0) is 13.9. The van der Waals surface area contributed by atoms with Crippen molar-refractivity contribution in [1.29, 1.82) is 0 Å². The summed E-state index contributed by atoms with van der Waals surface area (Å²) in [6, 6.07) is -0.580. The van der Waals surface area contributed by atoms with Crippen LogP contribution in [-0.2, 0) is 0 Å². The molecule has 18 heavy (non-hydrogen) atoms. The second-order valence-electron chi connectivity index (χ2n) is 3.71. The van der Waals surface area contributed by atoms with E-state index in [4.69, 9.17) is 5.11 Å². The highest BCUT2D eigenvalue weighted by Gasteiger charge is 2.26. The summed E-state index contributed by atoms with van der Waals surface area (Å²) in [7, 11) is 0. The van der Waals surface area contributed by atoms with Crippen molar-refractivity contribution in [2.45, 2.75) is 25.8 Å². The maximum atomic E-state index is 13.3. The van der Waals surface area contributed by atoms with Gasteiger partial charge in [-0.15, -0.1) is 0 Å². The molecule has 0 aromatic heterocycles. The highest BCUT2D eigenvalue weighted by molar-refractivity contribution is 5.48. The Morgan fingerprint density at radius 3 is 1.78 bits per heavy atom. The Bertz CT molecular complexity index is 409. The zero-order valence-electron chi connectivity index (χ0n) is 9.54. The van der Waals surface area contributed by atoms with Crippen molar-refractivity contribution in [3.05, 3.63) is 29.1 Å². The fraction of sp³-hybridized carbons (Fsp3) is 0.455. The number of aliphatic hydroxyl groups is 1. The summed E-state index contributed by atoms with van der Waals surface area (Å²) < 4.78 is 65.1. The van der Waals surface area contributed by atoms with Crippen LogP contribution in [0.5, 0.6) is 0 Å². The summed E-state index contributed by atoms with van der Waals surface area (Å²) in [5, 5.41) is 10.9. The van der Waals surface area contributed by atoms with Gasteiger partial charge in [0, 0.05) is 12.6 Å². The molecule has 0 bridgehead atoms. The van der Waals surface area contributed by atoms with Crippen LogP contribution in [0.4, 0.5) is 27.6 Å². The molecule has 1 aromatic rings. The molecular formula is C11H12F5NO. The molecule has 0 aliphatic rings. The molecule has 7 heteroatoms. The van der Waals surface area contributed by atoms with Gasteiger partial charge in [-0.25, -0.2) is 22.0 Å². The largest absolute Gasteiger partial charge is 0.396 e. The predicted molar refractivity (Wildman–Crippen MR) is 55.6 cm³/mol. The van der Waals surface area contributed by atoms with E-state index >= 15 is 0 Å². The van der Waals surface area contributed by atoms with Crippen molar-refractivity contribution >= 4 is 5.69 Å². The number of hydrogen-bond donors (Lipinski definition) is 2. The minimum absolute atomic E-state index is 0.135. The second-order valence-corrected chi connectivity index (χ2v) is 3.71. The van der Waals surface area contributed by atoms with Crippen LogP contribution >= 0.6 is 0 Å². The van der Waals surface area contributed by atoms with Crippen LogP contribution < -0.4 is 5.32 Å². The fourth-order valence-corrected chi connectivity index (χ4v) is 1.47. The van der Waals surface area contributed by atoms with Crippen LogP contribution in [0.2, 0.25) is 0 Å². The molecule has 0 amide bonds. The number of benzene rings is 1. The SMILES string of the molecule is CCC(CCO)Nc1c(F)c(F)c(F)c(F)c1F. The molecule has 1 unspecified atom stereocenters. The average molecular weight is 269 g/mol. The minimum Gasteiger partial charge on any atom is -0.396 e. The number of nitrogens with one attached hydrogen (secondary N) is 1. The van der Waals surface area contributed by atoms with Crippen LogP contribution in [0, 0.1) is 29.1 Å². The summed E-state index contributed by atoms with van der Waals surface area (Å²) in [5.41, 5.74) is -1.06. The highest BCUT2D eigenvalue weighted by atomic mass is 19.2. The number of halogens is 5. The third kappa shape index (κ3) is 2.72.